The lowest BCUT2D eigenvalue weighted by atomic mass is 9.41. The Morgan fingerprint density at radius 2 is 1.75 bits per heavy atom. The largest absolute Gasteiger partial charge is 0.748 e. The smallest absolute Gasteiger partial charge is 0.222 e. The Labute approximate surface area is 264 Å². The zero-order chi connectivity index (χ0) is 32.0. The molecule has 1 amide bonds. The Bertz CT molecular complexity index is 1260. The Morgan fingerprint density at radius 1 is 1.05 bits per heavy atom. The molecular formula is C35H54NO7S-. The van der Waals surface area contributed by atoms with Crippen LogP contribution in [-0.2, 0) is 21.5 Å². The summed E-state index contributed by atoms with van der Waals surface area (Å²) in [6, 6.07) is 9.38. The van der Waals surface area contributed by atoms with E-state index < -0.39 is 28.1 Å². The summed E-state index contributed by atoms with van der Waals surface area (Å²) in [7, 11) is -4.46. The second-order valence-corrected chi connectivity index (χ2v) is 16.8. The lowest BCUT2D eigenvalue weighted by Crippen LogP contribution is -2.65. The summed E-state index contributed by atoms with van der Waals surface area (Å²) in [5.41, 5.74) is 0.519. The molecule has 1 aromatic rings. The molecule has 12 atom stereocenters. The molecule has 8 nitrogen and oxygen atoms in total. The second-order valence-electron chi connectivity index (χ2n) is 15.3. The van der Waals surface area contributed by atoms with E-state index in [-0.39, 0.29) is 83.8 Å². The fourth-order valence-corrected chi connectivity index (χ4v) is 11.4. The molecule has 3 N–H and O–H groups in total. The molecule has 1 aromatic carbocycles. The van der Waals surface area contributed by atoms with Gasteiger partial charge in [0.15, 0.2) is 0 Å². The zero-order valence-electron chi connectivity index (χ0n) is 27.0. The first-order chi connectivity index (χ1) is 20.7. The third-order valence-corrected chi connectivity index (χ3v) is 13.9. The first-order valence-electron chi connectivity index (χ1n) is 17.0. The van der Waals surface area contributed by atoms with Crippen molar-refractivity contribution in [1.29, 1.82) is 0 Å². The van der Waals surface area contributed by atoms with Gasteiger partial charge >= 0.3 is 0 Å². The molecule has 248 valence electrons. The van der Waals surface area contributed by atoms with E-state index in [2.05, 4.69) is 27.7 Å². The maximum atomic E-state index is 13.4. The summed E-state index contributed by atoms with van der Waals surface area (Å²) in [5, 5.41) is 34.5. The quantitative estimate of drug-likeness (QED) is 0.321. The Kier molecular flexibility index (Phi) is 9.95. The highest BCUT2D eigenvalue weighted by atomic mass is 32.2. The SMILES string of the molecule is CC[C@H]1[C@@H](O)[C@@H]2[C@H](C[C@H](O)[C@]3(C)[C@@H]([C@H](C)CCC(=O)N(CCS(=O)(=O)[O-])Cc4ccccc4)CC[C@@H]23)[C@@]2(C)CC[C@@H](O)C[C@@H]12. The van der Waals surface area contributed by atoms with E-state index in [1.807, 2.05) is 30.3 Å². The number of aliphatic hydroxyl groups is 3. The Morgan fingerprint density at radius 3 is 2.41 bits per heavy atom. The summed E-state index contributed by atoms with van der Waals surface area (Å²) in [5.74, 6) is 0.539. The van der Waals surface area contributed by atoms with Crippen LogP contribution >= 0.6 is 0 Å². The van der Waals surface area contributed by atoms with Gasteiger partial charge in [-0.1, -0.05) is 64.4 Å². The van der Waals surface area contributed by atoms with E-state index >= 15 is 0 Å². The minimum atomic E-state index is -4.46. The van der Waals surface area contributed by atoms with Gasteiger partial charge in [-0.25, -0.2) is 8.42 Å². The van der Waals surface area contributed by atoms with Gasteiger partial charge in [-0.05, 0) is 103 Å². The number of hydrogen-bond donors (Lipinski definition) is 3. The molecule has 0 bridgehead atoms. The van der Waals surface area contributed by atoms with Crippen LogP contribution in [0.5, 0.6) is 0 Å². The molecule has 0 spiro atoms. The number of nitrogens with zero attached hydrogens (tertiary/aromatic N) is 1. The normalized spacial score (nSPS) is 40.9. The molecule has 0 radical (unpaired) electrons. The van der Waals surface area contributed by atoms with Gasteiger partial charge in [-0.3, -0.25) is 4.79 Å². The van der Waals surface area contributed by atoms with Crippen LogP contribution in [0.1, 0.15) is 91.0 Å². The van der Waals surface area contributed by atoms with Crippen molar-refractivity contribution in [2.75, 3.05) is 12.3 Å². The standard InChI is InChI=1S/C35H55NO7S/c1-5-25-28-19-24(37)15-16-34(28,3)29-20-30(38)35(4)26(12-13-27(35)32(29)33(25)40)22(2)11-14-31(39)36(17-18-44(41,42)43)21-23-9-7-6-8-10-23/h6-10,22,24-30,32-33,37-38,40H,5,11-21H2,1-4H3,(H,41,42,43)/p-1/t22-,24-,25-,26-,27+,28+,29+,30+,32+,33-,34+,35-/m1/s1. The maximum Gasteiger partial charge on any atom is 0.222 e. The van der Waals surface area contributed by atoms with E-state index in [0.717, 1.165) is 44.1 Å². The molecule has 0 saturated heterocycles. The van der Waals surface area contributed by atoms with Crippen molar-refractivity contribution in [3.05, 3.63) is 35.9 Å². The van der Waals surface area contributed by atoms with Crippen LogP contribution in [0, 0.1) is 52.3 Å². The van der Waals surface area contributed by atoms with Crippen LogP contribution in [0.3, 0.4) is 0 Å². The number of aliphatic hydroxyl groups excluding tert-OH is 3. The average molecular weight is 633 g/mol. The fraction of sp³-hybridized carbons (Fsp3) is 0.800. The maximum absolute atomic E-state index is 13.4. The predicted octanol–water partition coefficient (Wildman–Crippen LogP) is 4.57. The van der Waals surface area contributed by atoms with Crippen LogP contribution in [0.15, 0.2) is 30.3 Å². The van der Waals surface area contributed by atoms with Crippen molar-refractivity contribution in [3.63, 3.8) is 0 Å². The molecule has 4 saturated carbocycles. The predicted molar refractivity (Wildman–Crippen MR) is 168 cm³/mol. The van der Waals surface area contributed by atoms with Gasteiger partial charge in [-0.15, -0.1) is 0 Å². The molecule has 0 aromatic heterocycles. The van der Waals surface area contributed by atoms with Crippen LogP contribution in [0.25, 0.3) is 0 Å². The monoisotopic (exact) mass is 632 g/mol. The number of carbonyl (C=O) groups excluding carboxylic acids is 1. The highest BCUT2D eigenvalue weighted by Gasteiger charge is 2.67. The Balaban J connectivity index is 1.31. The van der Waals surface area contributed by atoms with Crippen LogP contribution in [0.2, 0.25) is 0 Å². The van der Waals surface area contributed by atoms with E-state index in [0.29, 0.717) is 12.8 Å². The van der Waals surface area contributed by atoms with Gasteiger partial charge in [-0.2, -0.15) is 0 Å². The molecule has 4 aliphatic carbocycles. The van der Waals surface area contributed by atoms with Gasteiger partial charge in [0.2, 0.25) is 5.91 Å². The summed E-state index contributed by atoms with van der Waals surface area (Å²) in [6.45, 7) is 9.04. The number of fused-ring (bicyclic) bond motifs is 5. The third-order valence-electron chi connectivity index (χ3n) is 13.2. The van der Waals surface area contributed by atoms with Crippen LogP contribution in [-0.4, -0.2) is 69.7 Å². The molecule has 0 aliphatic heterocycles. The topological polar surface area (TPSA) is 138 Å². The van der Waals surface area contributed by atoms with Gasteiger partial charge in [0.05, 0.1) is 34.2 Å². The van der Waals surface area contributed by atoms with E-state index in [9.17, 15) is 33.1 Å². The minimum absolute atomic E-state index is 0.00200. The average Bonchev–Trinajstić information content (AvgIpc) is 3.34. The highest BCUT2D eigenvalue weighted by Crippen LogP contribution is 2.69. The highest BCUT2D eigenvalue weighted by molar-refractivity contribution is 7.85. The van der Waals surface area contributed by atoms with Crippen molar-refractivity contribution in [2.24, 2.45) is 52.3 Å². The van der Waals surface area contributed by atoms with E-state index in [4.69, 9.17) is 0 Å². The van der Waals surface area contributed by atoms with E-state index in [1.54, 1.807) is 0 Å². The number of carbonyl (C=O) groups is 1. The number of hydrogen-bond acceptors (Lipinski definition) is 7. The van der Waals surface area contributed by atoms with Crippen molar-refractivity contribution in [2.45, 2.75) is 110 Å². The summed E-state index contributed by atoms with van der Waals surface area (Å²) in [6.07, 6.45) is 5.54. The molecule has 0 unspecified atom stereocenters. The number of benzene rings is 1. The van der Waals surface area contributed by atoms with Crippen LogP contribution < -0.4 is 0 Å². The van der Waals surface area contributed by atoms with Crippen LogP contribution in [0.4, 0.5) is 0 Å². The van der Waals surface area contributed by atoms with Gasteiger partial charge < -0.3 is 24.8 Å². The molecule has 5 rings (SSSR count). The summed E-state index contributed by atoms with van der Waals surface area (Å²) >= 11 is 0. The molecule has 4 aliphatic rings. The molecule has 4 fully saturated rings. The van der Waals surface area contributed by atoms with Crippen molar-refractivity contribution in [1.82, 2.24) is 4.90 Å². The summed E-state index contributed by atoms with van der Waals surface area (Å²) in [4.78, 5) is 14.9. The zero-order valence-corrected chi connectivity index (χ0v) is 27.8. The first-order valence-corrected chi connectivity index (χ1v) is 18.6. The first kappa shape index (κ1) is 33.8. The lowest BCUT2D eigenvalue weighted by Gasteiger charge is -2.65. The van der Waals surface area contributed by atoms with Gasteiger partial charge in [0.1, 0.15) is 0 Å². The van der Waals surface area contributed by atoms with Crippen molar-refractivity contribution >= 4 is 16.0 Å². The van der Waals surface area contributed by atoms with Crippen molar-refractivity contribution < 1.29 is 33.1 Å². The third kappa shape index (κ3) is 6.25. The molecule has 9 heteroatoms. The lowest BCUT2D eigenvalue weighted by molar-refractivity contribution is -0.228. The summed E-state index contributed by atoms with van der Waals surface area (Å²) < 4.78 is 34.1. The second kappa shape index (κ2) is 12.9. The van der Waals surface area contributed by atoms with Gasteiger partial charge in [0, 0.05) is 19.5 Å². The Hall–Kier alpha value is -1.52. The molecular weight excluding hydrogens is 578 g/mol. The van der Waals surface area contributed by atoms with E-state index in [1.165, 1.54) is 4.90 Å². The molecule has 0 heterocycles. The fourth-order valence-electron chi connectivity index (χ4n) is 10.9. The number of amides is 1. The minimum Gasteiger partial charge on any atom is -0.748 e. The number of rotatable bonds is 10. The molecule has 44 heavy (non-hydrogen) atoms. The van der Waals surface area contributed by atoms with Gasteiger partial charge in [0.25, 0.3) is 0 Å². The van der Waals surface area contributed by atoms with Crippen molar-refractivity contribution in [3.8, 4) is 0 Å².